The number of nitrogens with one attached hydrogen (secondary N) is 1. The summed E-state index contributed by atoms with van der Waals surface area (Å²) in [5.74, 6) is 0.548. The third-order valence-electron chi connectivity index (χ3n) is 3.67. The zero-order valence-corrected chi connectivity index (χ0v) is 11.5. The van der Waals surface area contributed by atoms with Gasteiger partial charge in [-0.15, -0.1) is 0 Å². The smallest absolute Gasteiger partial charge is 0.254 e. The third kappa shape index (κ3) is 4.04. The van der Waals surface area contributed by atoms with E-state index in [1.165, 1.54) is 0 Å². The van der Waals surface area contributed by atoms with Crippen LogP contribution in [-0.4, -0.2) is 53.3 Å². The maximum atomic E-state index is 11.9. The molecule has 0 spiro atoms. The molecule has 0 unspecified atom stereocenters. The van der Waals surface area contributed by atoms with Gasteiger partial charge in [0.05, 0.1) is 11.8 Å². The lowest BCUT2D eigenvalue weighted by molar-refractivity contribution is 0.0936. The highest BCUT2D eigenvalue weighted by atomic mass is 16.1. The number of aromatic nitrogens is 2. The molecule has 1 aliphatic rings. The number of hydrogen-bond donors (Lipinski definition) is 2. The quantitative estimate of drug-likeness (QED) is 0.774. The second kappa shape index (κ2) is 6.68. The van der Waals surface area contributed by atoms with Crippen molar-refractivity contribution in [2.45, 2.75) is 12.8 Å². The summed E-state index contributed by atoms with van der Waals surface area (Å²) in [6, 6.07) is 0. The Labute approximate surface area is 113 Å². The minimum absolute atomic E-state index is 0.0301. The molecule has 0 saturated carbocycles. The van der Waals surface area contributed by atoms with Crippen molar-refractivity contribution in [3.8, 4) is 0 Å². The Hall–Kier alpha value is -1.40. The first-order valence-electron chi connectivity index (χ1n) is 6.88. The first-order chi connectivity index (χ1) is 9.19. The number of amides is 1. The van der Waals surface area contributed by atoms with Crippen LogP contribution in [0.5, 0.6) is 0 Å². The summed E-state index contributed by atoms with van der Waals surface area (Å²) in [6.07, 6.45) is 5.60. The molecule has 0 radical (unpaired) electrons. The Bertz CT molecular complexity index is 409. The molecule has 19 heavy (non-hydrogen) atoms. The largest absolute Gasteiger partial charge is 0.352 e. The van der Waals surface area contributed by atoms with Crippen molar-refractivity contribution in [3.05, 3.63) is 18.0 Å². The molecular weight excluding hydrogens is 242 g/mol. The van der Waals surface area contributed by atoms with E-state index in [1.54, 1.807) is 17.1 Å². The molecule has 1 aromatic rings. The highest BCUT2D eigenvalue weighted by molar-refractivity contribution is 5.93. The lowest BCUT2D eigenvalue weighted by Gasteiger charge is -2.31. The number of aryl methyl sites for hydroxylation is 1. The van der Waals surface area contributed by atoms with Crippen LogP contribution in [0.15, 0.2) is 12.4 Å². The first kappa shape index (κ1) is 14.0. The molecule has 0 bridgehead atoms. The first-order valence-corrected chi connectivity index (χ1v) is 6.88. The van der Waals surface area contributed by atoms with E-state index in [0.717, 1.165) is 45.6 Å². The van der Waals surface area contributed by atoms with Gasteiger partial charge in [-0.1, -0.05) is 0 Å². The molecule has 6 heteroatoms. The van der Waals surface area contributed by atoms with Crippen LogP contribution in [0.3, 0.4) is 0 Å². The van der Waals surface area contributed by atoms with Gasteiger partial charge >= 0.3 is 0 Å². The van der Waals surface area contributed by atoms with Crippen molar-refractivity contribution in [3.63, 3.8) is 0 Å². The van der Waals surface area contributed by atoms with Gasteiger partial charge in [-0.25, -0.2) is 0 Å². The number of piperidine rings is 1. The molecule has 1 amide bonds. The molecule has 2 rings (SSSR count). The van der Waals surface area contributed by atoms with Crippen molar-refractivity contribution in [1.82, 2.24) is 20.0 Å². The molecule has 6 nitrogen and oxygen atoms in total. The monoisotopic (exact) mass is 265 g/mol. The van der Waals surface area contributed by atoms with Crippen molar-refractivity contribution in [2.24, 2.45) is 18.7 Å². The lowest BCUT2D eigenvalue weighted by atomic mass is 9.97. The Balaban J connectivity index is 1.70. The van der Waals surface area contributed by atoms with Gasteiger partial charge in [0.15, 0.2) is 0 Å². The summed E-state index contributed by atoms with van der Waals surface area (Å²) >= 11 is 0. The summed E-state index contributed by atoms with van der Waals surface area (Å²) in [5, 5.41) is 6.99. The van der Waals surface area contributed by atoms with Crippen molar-refractivity contribution >= 4 is 5.91 Å². The number of carbonyl (C=O) groups is 1. The Morgan fingerprint density at radius 1 is 1.53 bits per heavy atom. The number of likely N-dealkylation sites (tertiary alicyclic amines) is 1. The fourth-order valence-electron chi connectivity index (χ4n) is 2.47. The van der Waals surface area contributed by atoms with E-state index in [0.29, 0.717) is 11.5 Å². The van der Waals surface area contributed by atoms with Gasteiger partial charge in [0.25, 0.3) is 5.91 Å². The Morgan fingerprint density at radius 3 is 2.84 bits per heavy atom. The second-order valence-electron chi connectivity index (χ2n) is 5.19. The van der Waals surface area contributed by atoms with Gasteiger partial charge in [0.1, 0.15) is 0 Å². The van der Waals surface area contributed by atoms with Crippen LogP contribution in [-0.2, 0) is 7.05 Å². The van der Waals surface area contributed by atoms with Gasteiger partial charge in [0.2, 0.25) is 0 Å². The molecule has 2 heterocycles. The number of hydrogen-bond acceptors (Lipinski definition) is 4. The molecule has 0 aromatic carbocycles. The molecule has 106 valence electrons. The highest BCUT2D eigenvalue weighted by Gasteiger charge is 2.19. The number of carbonyl (C=O) groups excluding carboxylic acids is 1. The summed E-state index contributed by atoms with van der Waals surface area (Å²) in [6.45, 7) is 4.64. The normalized spacial score (nSPS) is 17.6. The lowest BCUT2D eigenvalue weighted by Crippen LogP contribution is -2.40. The zero-order chi connectivity index (χ0) is 13.7. The van der Waals surface area contributed by atoms with Crippen molar-refractivity contribution < 1.29 is 4.79 Å². The summed E-state index contributed by atoms with van der Waals surface area (Å²) in [4.78, 5) is 14.3. The standard InChI is InChI=1S/C13H23N5O/c1-17-10-12(9-16-17)13(19)15-8-11-2-5-18(6-3-11)7-4-14/h9-11H,2-8,14H2,1H3,(H,15,19). The summed E-state index contributed by atoms with van der Waals surface area (Å²) in [5.41, 5.74) is 6.18. The van der Waals surface area contributed by atoms with Crippen molar-refractivity contribution in [2.75, 3.05) is 32.7 Å². The van der Waals surface area contributed by atoms with Gasteiger partial charge in [-0.05, 0) is 31.8 Å². The van der Waals surface area contributed by atoms with E-state index in [9.17, 15) is 4.79 Å². The summed E-state index contributed by atoms with van der Waals surface area (Å²) < 4.78 is 1.64. The molecule has 1 aliphatic heterocycles. The van der Waals surface area contributed by atoms with Crippen LogP contribution < -0.4 is 11.1 Å². The molecular formula is C13H23N5O. The number of rotatable bonds is 5. The maximum Gasteiger partial charge on any atom is 0.254 e. The molecule has 1 saturated heterocycles. The second-order valence-corrected chi connectivity index (χ2v) is 5.19. The van der Waals surface area contributed by atoms with Gasteiger partial charge in [0, 0.05) is 32.9 Å². The van der Waals surface area contributed by atoms with E-state index >= 15 is 0 Å². The third-order valence-corrected chi connectivity index (χ3v) is 3.67. The molecule has 1 fully saturated rings. The van der Waals surface area contributed by atoms with E-state index in [4.69, 9.17) is 5.73 Å². The van der Waals surface area contributed by atoms with E-state index in [1.807, 2.05) is 7.05 Å². The highest BCUT2D eigenvalue weighted by Crippen LogP contribution is 2.15. The van der Waals surface area contributed by atoms with E-state index in [2.05, 4.69) is 15.3 Å². The molecule has 3 N–H and O–H groups in total. The SMILES string of the molecule is Cn1cc(C(=O)NCC2CCN(CCN)CC2)cn1. The van der Waals surface area contributed by atoms with Crippen LogP contribution in [0.2, 0.25) is 0 Å². The number of nitrogens with two attached hydrogens (primary N) is 1. The van der Waals surface area contributed by atoms with E-state index < -0.39 is 0 Å². The minimum Gasteiger partial charge on any atom is -0.352 e. The predicted molar refractivity (Wildman–Crippen MR) is 73.8 cm³/mol. The minimum atomic E-state index is -0.0301. The Kier molecular flexibility index (Phi) is 4.93. The number of nitrogens with zero attached hydrogens (tertiary/aromatic N) is 3. The van der Waals surface area contributed by atoms with Crippen LogP contribution >= 0.6 is 0 Å². The summed E-state index contributed by atoms with van der Waals surface area (Å²) in [7, 11) is 1.81. The fraction of sp³-hybridized carbons (Fsp3) is 0.692. The molecule has 1 aromatic heterocycles. The Morgan fingerprint density at radius 2 is 2.26 bits per heavy atom. The van der Waals surface area contributed by atoms with Gasteiger partial charge < -0.3 is 16.0 Å². The van der Waals surface area contributed by atoms with Gasteiger partial charge in [-0.3, -0.25) is 9.48 Å². The molecule has 0 aliphatic carbocycles. The van der Waals surface area contributed by atoms with Crippen LogP contribution in [0.1, 0.15) is 23.2 Å². The predicted octanol–water partition coefficient (Wildman–Crippen LogP) is -0.179. The van der Waals surface area contributed by atoms with Crippen LogP contribution in [0.25, 0.3) is 0 Å². The topological polar surface area (TPSA) is 76.2 Å². The van der Waals surface area contributed by atoms with Crippen molar-refractivity contribution in [1.29, 1.82) is 0 Å². The van der Waals surface area contributed by atoms with E-state index in [-0.39, 0.29) is 5.91 Å². The van der Waals surface area contributed by atoms with Gasteiger partial charge in [-0.2, -0.15) is 5.10 Å². The fourth-order valence-corrected chi connectivity index (χ4v) is 2.47. The van der Waals surface area contributed by atoms with Crippen LogP contribution in [0, 0.1) is 5.92 Å². The molecule has 0 atom stereocenters. The average molecular weight is 265 g/mol. The maximum absolute atomic E-state index is 11.9. The zero-order valence-electron chi connectivity index (χ0n) is 11.5. The van der Waals surface area contributed by atoms with Crippen LogP contribution in [0.4, 0.5) is 0 Å². The average Bonchev–Trinajstić information content (AvgIpc) is 2.85.